The molecule has 0 amide bonds. The summed E-state index contributed by atoms with van der Waals surface area (Å²) in [6, 6.07) is -1.06. The monoisotopic (exact) mass is 445 g/mol. The molecular formula is C22H39NO6S. The summed E-state index contributed by atoms with van der Waals surface area (Å²) in [6.07, 6.45) is 2.53. The molecule has 174 valence electrons. The van der Waals surface area contributed by atoms with Gasteiger partial charge in [0.15, 0.2) is 15.9 Å². The maximum absolute atomic E-state index is 13.1. The number of methoxy groups -OCH3 is 1. The zero-order valence-electron chi connectivity index (χ0n) is 19.7. The highest BCUT2D eigenvalue weighted by Crippen LogP contribution is 2.33. The molecule has 0 saturated carbocycles. The summed E-state index contributed by atoms with van der Waals surface area (Å²) < 4.78 is 35.2. The lowest BCUT2D eigenvalue weighted by Crippen LogP contribution is -2.41. The molecule has 7 nitrogen and oxygen atoms in total. The molecule has 1 saturated heterocycles. The highest BCUT2D eigenvalue weighted by molar-refractivity contribution is 7.91. The Morgan fingerprint density at radius 3 is 2.17 bits per heavy atom. The number of aliphatic imine (C=N–C) groups is 1. The molecule has 3 unspecified atom stereocenters. The zero-order chi connectivity index (χ0) is 23.3. The van der Waals surface area contributed by atoms with Gasteiger partial charge in [0.25, 0.3) is 0 Å². The van der Waals surface area contributed by atoms with Gasteiger partial charge in [-0.25, -0.2) is 13.2 Å². The number of rotatable bonds is 9. The van der Waals surface area contributed by atoms with Crippen molar-refractivity contribution in [2.75, 3.05) is 18.6 Å². The minimum Gasteiger partial charge on any atom is -0.469 e. The van der Waals surface area contributed by atoms with Gasteiger partial charge in [-0.1, -0.05) is 34.1 Å². The Morgan fingerprint density at radius 2 is 1.70 bits per heavy atom. The second kappa shape index (κ2) is 10.7. The van der Waals surface area contributed by atoms with E-state index in [0.29, 0.717) is 12.3 Å². The molecular weight excluding hydrogens is 406 g/mol. The van der Waals surface area contributed by atoms with Crippen LogP contribution in [0.2, 0.25) is 0 Å². The SMILES string of the molecule is CCC(C)C/C(=N/[C@H](C(=O)OC(C)(C)C)C1CS(=O)(=O)C[C@H]1C(=O)OC)C(C)CC. The van der Waals surface area contributed by atoms with E-state index < -0.39 is 45.3 Å². The van der Waals surface area contributed by atoms with Crippen LogP contribution >= 0.6 is 0 Å². The predicted octanol–water partition coefficient (Wildman–Crippen LogP) is 3.45. The van der Waals surface area contributed by atoms with Crippen LogP contribution in [0.25, 0.3) is 0 Å². The number of carbonyl (C=O) groups is 2. The van der Waals surface area contributed by atoms with E-state index in [1.54, 1.807) is 20.8 Å². The fraction of sp³-hybridized carbons (Fsp3) is 0.864. The van der Waals surface area contributed by atoms with Crippen LogP contribution in [0.1, 0.15) is 67.7 Å². The van der Waals surface area contributed by atoms with Crippen molar-refractivity contribution in [1.29, 1.82) is 0 Å². The molecule has 1 rings (SSSR count). The van der Waals surface area contributed by atoms with Gasteiger partial charge in [0.1, 0.15) is 5.60 Å². The average Bonchev–Trinajstić information content (AvgIpc) is 2.96. The average molecular weight is 446 g/mol. The highest BCUT2D eigenvalue weighted by atomic mass is 32.2. The summed E-state index contributed by atoms with van der Waals surface area (Å²) in [5, 5.41) is 0. The Morgan fingerprint density at radius 1 is 1.10 bits per heavy atom. The maximum Gasteiger partial charge on any atom is 0.331 e. The third-order valence-corrected chi connectivity index (χ3v) is 7.45. The standard InChI is InChI=1S/C22H39NO6S/c1-9-14(3)11-18(15(4)10-2)23-19(21(25)29-22(5,6)7)16-12-30(26,27)13-17(16)20(24)28-8/h14-17,19H,9-13H2,1-8H3/b23-18-/t14?,15?,16?,17-,19+/m1/s1. The lowest BCUT2D eigenvalue weighted by atomic mass is 9.87. The van der Waals surface area contributed by atoms with Crippen molar-refractivity contribution >= 4 is 27.5 Å². The Labute approximate surface area is 181 Å². The molecule has 0 N–H and O–H groups in total. The van der Waals surface area contributed by atoms with Crippen LogP contribution in [0.15, 0.2) is 4.99 Å². The van der Waals surface area contributed by atoms with Crippen LogP contribution in [0.3, 0.4) is 0 Å². The minimum absolute atomic E-state index is 0.138. The Hall–Kier alpha value is -1.44. The number of nitrogens with zero attached hydrogens (tertiary/aromatic N) is 1. The first kappa shape index (κ1) is 26.6. The summed E-state index contributed by atoms with van der Waals surface area (Å²) >= 11 is 0. The van der Waals surface area contributed by atoms with E-state index in [1.165, 1.54) is 7.11 Å². The fourth-order valence-electron chi connectivity index (χ4n) is 3.56. The molecule has 1 aliphatic heterocycles. The third kappa shape index (κ3) is 7.67. The maximum atomic E-state index is 13.1. The van der Waals surface area contributed by atoms with Gasteiger partial charge < -0.3 is 9.47 Å². The van der Waals surface area contributed by atoms with Crippen LogP contribution in [-0.4, -0.2) is 56.3 Å². The molecule has 8 heteroatoms. The summed E-state index contributed by atoms with van der Waals surface area (Å²) in [7, 11) is -2.26. The molecule has 0 spiro atoms. The second-order valence-corrected chi connectivity index (χ2v) is 11.6. The number of sulfone groups is 1. The van der Waals surface area contributed by atoms with Gasteiger partial charge in [-0.3, -0.25) is 9.79 Å². The van der Waals surface area contributed by atoms with Crippen molar-refractivity contribution in [1.82, 2.24) is 0 Å². The summed E-state index contributed by atoms with van der Waals surface area (Å²) in [6.45, 7) is 13.6. The zero-order valence-corrected chi connectivity index (χ0v) is 20.5. The topological polar surface area (TPSA) is 99.1 Å². The van der Waals surface area contributed by atoms with Gasteiger partial charge >= 0.3 is 11.9 Å². The first-order valence-corrected chi connectivity index (χ1v) is 12.6. The fourth-order valence-corrected chi connectivity index (χ4v) is 5.63. The van der Waals surface area contributed by atoms with E-state index in [-0.39, 0.29) is 17.4 Å². The molecule has 0 aromatic heterocycles. The van der Waals surface area contributed by atoms with Crippen molar-refractivity contribution < 1.29 is 27.5 Å². The highest BCUT2D eigenvalue weighted by Gasteiger charge is 2.49. The second-order valence-electron chi connectivity index (χ2n) is 9.50. The van der Waals surface area contributed by atoms with Crippen molar-refractivity contribution in [3.8, 4) is 0 Å². The number of ether oxygens (including phenoxy) is 2. The Kier molecular flexibility index (Phi) is 9.52. The van der Waals surface area contributed by atoms with Gasteiger partial charge in [-0.15, -0.1) is 0 Å². The molecule has 0 aromatic carbocycles. The predicted molar refractivity (Wildman–Crippen MR) is 118 cm³/mol. The van der Waals surface area contributed by atoms with E-state index in [0.717, 1.165) is 18.6 Å². The molecule has 0 radical (unpaired) electrons. The van der Waals surface area contributed by atoms with E-state index >= 15 is 0 Å². The van der Waals surface area contributed by atoms with Crippen LogP contribution in [0.4, 0.5) is 0 Å². The molecule has 0 aromatic rings. The molecule has 0 aliphatic carbocycles. The molecule has 1 aliphatic rings. The number of hydrogen-bond donors (Lipinski definition) is 0. The Balaban J connectivity index is 3.49. The van der Waals surface area contributed by atoms with E-state index in [2.05, 4.69) is 27.7 Å². The molecule has 1 fully saturated rings. The molecule has 0 bridgehead atoms. The van der Waals surface area contributed by atoms with E-state index in [9.17, 15) is 18.0 Å². The summed E-state index contributed by atoms with van der Waals surface area (Å²) in [4.78, 5) is 30.3. The number of hydrogen-bond acceptors (Lipinski definition) is 7. The van der Waals surface area contributed by atoms with Crippen molar-refractivity contribution in [2.24, 2.45) is 28.7 Å². The van der Waals surface area contributed by atoms with Gasteiger partial charge in [0.05, 0.1) is 24.5 Å². The third-order valence-electron chi connectivity index (χ3n) is 5.70. The lowest BCUT2D eigenvalue weighted by molar-refractivity contribution is -0.158. The smallest absolute Gasteiger partial charge is 0.331 e. The Bertz CT molecular complexity index is 737. The van der Waals surface area contributed by atoms with E-state index in [1.807, 2.05) is 0 Å². The molecule has 30 heavy (non-hydrogen) atoms. The first-order chi connectivity index (χ1) is 13.7. The number of carbonyl (C=O) groups excluding carboxylic acids is 2. The van der Waals surface area contributed by atoms with Gasteiger partial charge in [-0.05, 0) is 45.4 Å². The lowest BCUT2D eigenvalue weighted by Gasteiger charge is -2.28. The quantitative estimate of drug-likeness (QED) is 0.398. The van der Waals surface area contributed by atoms with Gasteiger partial charge in [-0.2, -0.15) is 0 Å². The van der Waals surface area contributed by atoms with Gasteiger partial charge in [0, 0.05) is 11.6 Å². The van der Waals surface area contributed by atoms with Crippen molar-refractivity contribution in [3.63, 3.8) is 0 Å². The van der Waals surface area contributed by atoms with Crippen LogP contribution in [0.5, 0.6) is 0 Å². The molecule has 1 heterocycles. The van der Waals surface area contributed by atoms with E-state index in [4.69, 9.17) is 14.5 Å². The van der Waals surface area contributed by atoms with Crippen LogP contribution in [-0.2, 0) is 28.9 Å². The van der Waals surface area contributed by atoms with Crippen LogP contribution in [0, 0.1) is 23.7 Å². The van der Waals surface area contributed by atoms with Crippen LogP contribution < -0.4 is 0 Å². The largest absolute Gasteiger partial charge is 0.469 e. The van der Waals surface area contributed by atoms with Crippen molar-refractivity contribution in [3.05, 3.63) is 0 Å². The first-order valence-electron chi connectivity index (χ1n) is 10.8. The molecule has 5 atom stereocenters. The summed E-state index contributed by atoms with van der Waals surface area (Å²) in [5.41, 5.74) is 0.117. The van der Waals surface area contributed by atoms with Crippen molar-refractivity contribution in [2.45, 2.75) is 79.4 Å². The minimum atomic E-state index is -3.49. The normalized spacial score (nSPS) is 24.7. The van der Waals surface area contributed by atoms with Gasteiger partial charge in [0.2, 0.25) is 0 Å². The summed E-state index contributed by atoms with van der Waals surface area (Å²) in [5.74, 6) is -3.04. The number of esters is 2.